The molecule has 0 aliphatic carbocycles. The standard InChI is InChI=1S/C9H8F4/c1-8(10,9(11,12)13)7-5-3-2-4-6-7/h2-6H,1H3. The Morgan fingerprint density at radius 3 is 1.77 bits per heavy atom. The van der Waals surface area contributed by atoms with Crippen LogP contribution in [0.5, 0.6) is 0 Å². The predicted octanol–water partition coefficient (Wildman–Crippen LogP) is 3.43. The molecule has 0 spiro atoms. The third-order valence-electron chi connectivity index (χ3n) is 1.85. The van der Waals surface area contributed by atoms with Crippen molar-refractivity contribution in [2.24, 2.45) is 0 Å². The highest BCUT2D eigenvalue weighted by atomic mass is 19.4. The van der Waals surface area contributed by atoms with Crippen molar-refractivity contribution in [3.63, 3.8) is 0 Å². The second kappa shape index (κ2) is 3.01. The third kappa shape index (κ3) is 1.82. The summed E-state index contributed by atoms with van der Waals surface area (Å²) in [5.41, 5.74) is -3.64. The quantitative estimate of drug-likeness (QED) is 0.598. The summed E-state index contributed by atoms with van der Waals surface area (Å²) in [6, 6.07) is 6.52. The van der Waals surface area contributed by atoms with Crippen molar-refractivity contribution in [1.29, 1.82) is 0 Å². The zero-order chi connectivity index (χ0) is 10.1. The molecule has 0 saturated heterocycles. The number of hydrogen-bond acceptors (Lipinski definition) is 0. The Morgan fingerprint density at radius 2 is 1.38 bits per heavy atom. The highest BCUT2D eigenvalue weighted by molar-refractivity contribution is 5.23. The maximum Gasteiger partial charge on any atom is 0.426 e. The monoisotopic (exact) mass is 192 g/mol. The fourth-order valence-electron chi connectivity index (χ4n) is 0.915. The second-order valence-corrected chi connectivity index (χ2v) is 2.87. The van der Waals surface area contributed by atoms with Crippen LogP contribution in [0.2, 0.25) is 0 Å². The fourth-order valence-corrected chi connectivity index (χ4v) is 0.915. The molecule has 0 bridgehead atoms. The lowest BCUT2D eigenvalue weighted by molar-refractivity contribution is -0.228. The summed E-state index contributed by atoms with van der Waals surface area (Å²) in [6.45, 7) is 0.516. The molecule has 1 rings (SSSR count). The van der Waals surface area contributed by atoms with Gasteiger partial charge in [0.1, 0.15) is 0 Å². The van der Waals surface area contributed by atoms with Crippen LogP contribution in [0.3, 0.4) is 0 Å². The van der Waals surface area contributed by atoms with Gasteiger partial charge in [0.2, 0.25) is 5.67 Å². The minimum absolute atomic E-state index is 0.373. The average Bonchev–Trinajstić information content (AvgIpc) is 2.04. The Balaban J connectivity index is 3.08. The van der Waals surface area contributed by atoms with E-state index in [1.54, 1.807) is 0 Å². The molecular weight excluding hydrogens is 184 g/mol. The van der Waals surface area contributed by atoms with Crippen LogP contribution in [-0.2, 0) is 5.67 Å². The first-order valence-corrected chi connectivity index (χ1v) is 3.67. The molecule has 0 radical (unpaired) electrons. The minimum Gasteiger partial charge on any atom is -0.229 e. The van der Waals surface area contributed by atoms with Crippen molar-refractivity contribution in [2.45, 2.75) is 18.8 Å². The Labute approximate surface area is 73.2 Å². The van der Waals surface area contributed by atoms with Crippen LogP contribution in [0.15, 0.2) is 30.3 Å². The first-order chi connectivity index (χ1) is 5.86. The Hall–Kier alpha value is -1.06. The lowest BCUT2D eigenvalue weighted by Gasteiger charge is -2.23. The molecule has 1 unspecified atom stereocenters. The van der Waals surface area contributed by atoms with E-state index in [1.807, 2.05) is 0 Å². The van der Waals surface area contributed by atoms with Gasteiger partial charge in [0, 0.05) is 0 Å². The molecule has 0 fully saturated rings. The van der Waals surface area contributed by atoms with Gasteiger partial charge in [-0.2, -0.15) is 13.2 Å². The van der Waals surface area contributed by atoms with Gasteiger partial charge in [0.25, 0.3) is 0 Å². The maximum absolute atomic E-state index is 13.2. The summed E-state index contributed by atoms with van der Waals surface area (Å²) >= 11 is 0. The van der Waals surface area contributed by atoms with Gasteiger partial charge < -0.3 is 0 Å². The van der Waals surface area contributed by atoms with Crippen molar-refractivity contribution >= 4 is 0 Å². The molecule has 0 saturated carbocycles. The molecule has 1 aromatic rings. The molecule has 72 valence electrons. The Bertz CT molecular complexity index is 273. The lowest BCUT2D eigenvalue weighted by atomic mass is 9.98. The van der Waals surface area contributed by atoms with Gasteiger partial charge in [0.05, 0.1) is 0 Å². The summed E-state index contributed by atoms with van der Waals surface area (Å²) < 4.78 is 49.6. The predicted molar refractivity (Wildman–Crippen MR) is 41.0 cm³/mol. The second-order valence-electron chi connectivity index (χ2n) is 2.87. The molecule has 0 amide bonds. The van der Waals surface area contributed by atoms with Crippen molar-refractivity contribution in [1.82, 2.24) is 0 Å². The summed E-state index contributed by atoms with van der Waals surface area (Å²) in [4.78, 5) is 0. The molecule has 0 aliphatic rings. The van der Waals surface area contributed by atoms with Crippen LogP contribution in [0, 0.1) is 0 Å². The SMILES string of the molecule is CC(F)(c1ccccc1)C(F)(F)F. The third-order valence-corrected chi connectivity index (χ3v) is 1.85. The fraction of sp³-hybridized carbons (Fsp3) is 0.333. The van der Waals surface area contributed by atoms with Gasteiger partial charge in [-0.3, -0.25) is 0 Å². The number of benzene rings is 1. The zero-order valence-electron chi connectivity index (χ0n) is 6.90. The molecule has 1 atom stereocenters. The van der Waals surface area contributed by atoms with Crippen LogP contribution in [0.4, 0.5) is 17.6 Å². The molecular formula is C9H8F4. The normalized spacial score (nSPS) is 16.7. The molecule has 4 heteroatoms. The smallest absolute Gasteiger partial charge is 0.229 e. The van der Waals surface area contributed by atoms with Crippen molar-refractivity contribution in [2.75, 3.05) is 0 Å². The summed E-state index contributed by atoms with van der Waals surface area (Å²) in [7, 11) is 0. The molecule has 0 nitrogen and oxygen atoms in total. The molecule has 13 heavy (non-hydrogen) atoms. The van der Waals surface area contributed by atoms with Gasteiger partial charge in [-0.1, -0.05) is 30.3 Å². The Morgan fingerprint density at radius 1 is 0.923 bits per heavy atom. The number of rotatable bonds is 1. The van der Waals surface area contributed by atoms with E-state index in [1.165, 1.54) is 18.2 Å². The van der Waals surface area contributed by atoms with Crippen molar-refractivity contribution < 1.29 is 17.6 Å². The van der Waals surface area contributed by atoms with E-state index in [4.69, 9.17) is 0 Å². The number of hydrogen-bond donors (Lipinski definition) is 0. The van der Waals surface area contributed by atoms with Crippen molar-refractivity contribution in [3.05, 3.63) is 35.9 Å². The molecule has 0 N–H and O–H groups in total. The van der Waals surface area contributed by atoms with Gasteiger partial charge in [-0.15, -0.1) is 0 Å². The summed E-state index contributed by atoms with van der Waals surface area (Å²) in [6.07, 6.45) is -4.87. The molecule has 1 aromatic carbocycles. The summed E-state index contributed by atoms with van der Waals surface area (Å²) in [5.74, 6) is 0. The zero-order valence-corrected chi connectivity index (χ0v) is 6.90. The summed E-state index contributed by atoms with van der Waals surface area (Å²) in [5, 5.41) is 0. The van der Waals surface area contributed by atoms with Crippen LogP contribution >= 0.6 is 0 Å². The van der Waals surface area contributed by atoms with Crippen molar-refractivity contribution in [3.8, 4) is 0 Å². The largest absolute Gasteiger partial charge is 0.426 e. The highest BCUT2D eigenvalue weighted by Gasteiger charge is 2.53. The maximum atomic E-state index is 13.2. The van der Waals surface area contributed by atoms with Crippen LogP contribution in [0.25, 0.3) is 0 Å². The first-order valence-electron chi connectivity index (χ1n) is 3.67. The van der Waals surface area contributed by atoms with E-state index in [0.717, 1.165) is 12.1 Å². The van der Waals surface area contributed by atoms with E-state index >= 15 is 0 Å². The van der Waals surface area contributed by atoms with E-state index in [2.05, 4.69) is 0 Å². The van der Waals surface area contributed by atoms with E-state index in [0.29, 0.717) is 6.92 Å². The van der Waals surface area contributed by atoms with E-state index < -0.39 is 11.8 Å². The van der Waals surface area contributed by atoms with Gasteiger partial charge in [-0.05, 0) is 12.5 Å². The van der Waals surface area contributed by atoms with Gasteiger partial charge in [-0.25, -0.2) is 4.39 Å². The minimum atomic E-state index is -4.87. The van der Waals surface area contributed by atoms with Crippen LogP contribution < -0.4 is 0 Å². The number of alkyl halides is 4. The Kier molecular flexibility index (Phi) is 2.32. The average molecular weight is 192 g/mol. The lowest BCUT2D eigenvalue weighted by Crippen LogP contribution is -2.34. The highest BCUT2D eigenvalue weighted by Crippen LogP contribution is 2.41. The van der Waals surface area contributed by atoms with E-state index in [9.17, 15) is 17.6 Å². The molecule has 0 heterocycles. The van der Waals surface area contributed by atoms with Crippen LogP contribution in [-0.4, -0.2) is 6.18 Å². The van der Waals surface area contributed by atoms with Gasteiger partial charge in [0.15, 0.2) is 0 Å². The molecule has 0 aliphatic heterocycles. The number of halogens is 4. The topological polar surface area (TPSA) is 0 Å². The molecule has 0 aromatic heterocycles. The van der Waals surface area contributed by atoms with E-state index in [-0.39, 0.29) is 5.56 Å². The van der Waals surface area contributed by atoms with Gasteiger partial charge >= 0.3 is 6.18 Å². The van der Waals surface area contributed by atoms with Crippen LogP contribution in [0.1, 0.15) is 12.5 Å². The first kappa shape index (κ1) is 10.0.